The van der Waals surface area contributed by atoms with E-state index in [1.54, 1.807) is 24.3 Å². The number of carbonyl (C=O) groups excluding carboxylic acids is 3. The number of hydrogen-bond donors (Lipinski definition) is 0. The van der Waals surface area contributed by atoms with Crippen LogP contribution < -0.4 is 4.90 Å². The van der Waals surface area contributed by atoms with Gasteiger partial charge in [-0.05, 0) is 42.7 Å². The Labute approximate surface area is 156 Å². The smallest absolute Gasteiger partial charge is 0.338 e. The lowest BCUT2D eigenvalue weighted by Crippen LogP contribution is -2.29. The summed E-state index contributed by atoms with van der Waals surface area (Å²) < 4.78 is 5.22. The van der Waals surface area contributed by atoms with Gasteiger partial charge in [-0.25, -0.2) is 9.69 Å². The van der Waals surface area contributed by atoms with E-state index in [2.05, 4.69) is 0 Å². The average molecular weight is 372 g/mol. The minimum Gasteiger partial charge on any atom is -0.462 e. The second-order valence-electron chi connectivity index (χ2n) is 6.48. The predicted octanol–water partition coefficient (Wildman–Crippen LogP) is 4.34. The fourth-order valence-corrected chi connectivity index (χ4v) is 2.91. The molecule has 1 aliphatic rings. The number of ether oxygens (including phenoxy) is 1. The van der Waals surface area contributed by atoms with Crippen LogP contribution in [-0.4, -0.2) is 24.4 Å². The number of halogens is 1. The molecule has 3 rings (SSSR count). The SMILES string of the molecule is CC(C)CCOC(=O)c1ccc2c(c1)C(=O)N(c1ccccc1Cl)C2=O. The van der Waals surface area contributed by atoms with Gasteiger partial charge in [0.05, 0.1) is 34.0 Å². The highest BCUT2D eigenvalue weighted by Crippen LogP contribution is 2.33. The third-order valence-electron chi connectivity index (χ3n) is 4.14. The van der Waals surface area contributed by atoms with Crippen molar-refractivity contribution in [1.82, 2.24) is 0 Å². The summed E-state index contributed by atoms with van der Waals surface area (Å²) in [6.07, 6.45) is 0.758. The molecule has 6 heteroatoms. The Bertz CT molecular complexity index is 891. The van der Waals surface area contributed by atoms with Crippen molar-refractivity contribution < 1.29 is 19.1 Å². The number of esters is 1. The van der Waals surface area contributed by atoms with E-state index in [-0.39, 0.29) is 16.7 Å². The molecule has 1 heterocycles. The molecule has 0 unspecified atom stereocenters. The fraction of sp³-hybridized carbons (Fsp3) is 0.250. The molecule has 2 amide bonds. The van der Waals surface area contributed by atoms with Crippen LogP contribution in [0.4, 0.5) is 5.69 Å². The molecule has 26 heavy (non-hydrogen) atoms. The molecule has 0 N–H and O–H groups in total. The third kappa shape index (κ3) is 3.35. The lowest BCUT2D eigenvalue weighted by molar-refractivity contribution is 0.0488. The Kier molecular flexibility index (Phi) is 5.09. The molecule has 1 aliphatic heterocycles. The van der Waals surface area contributed by atoms with Crippen LogP contribution in [0.3, 0.4) is 0 Å². The molecule has 0 bridgehead atoms. The molecule has 0 aliphatic carbocycles. The Balaban J connectivity index is 1.86. The Hall–Kier alpha value is -2.66. The molecule has 2 aromatic carbocycles. The van der Waals surface area contributed by atoms with Gasteiger partial charge < -0.3 is 4.74 Å². The van der Waals surface area contributed by atoms with Crippen LogP contribution in [-0.2, 0) is 4.74 Å². The third-order valence-corrected chi connectivity index (χ3v) is 4.46. The van der Waals surface area contributed by atoms with Gasteiger partial charge in [-0.3, -0.25) is 9.59 Å². The maximum Gasteiger partial charge on any atom is 0.338 e. The summed E-state index contributed by atoms with van der Waals surface area (Å²) in [5.74, 6) is -1.05. The van der Waals surface area contributed by atoms with Crippen LogP contribution in [0, 0.1) is 5.92 Å². The second kappa shape index (κ2) is 7.30. The van der Waals surface area contributed by atoms with Gasteiger partial charge in [0.25, 0.3) is 11.8 Å². The molecule has 0 atom stereocenters. The Morgan fingerprint density at radius 2 is 1.77 bits per heavy atom. The van der Waals surface area contributed by atoms with Crippen LogP contribution in [0.15, 0.2) is 42.5 Å². The maximum atomic E-state index is 12.7. The van der Waals surface area contributed by atoms with Gasteiger partial charge in [0.2, 0.25) is 0 Å². The number of para-hydroxylation sites is 1. The van der Waals surface area contributed by atoms with E-state index >= 15 is 0 Å². The van der Waals surface area contributed by atoms with Crippen molar-refractivity contribution >= 4 is 35.1 Å². The van der Waals surface area contributed by atoms with E-state index in [0.29, 0.717) is 23.2 Å². The van der Waals surface area contributed by atoms with E-state index < -0.39 is 17.8 Å². The summed E-state index contributed by atoms with van der Waals surface area (Å²) in [7, 11) is 0. The first-order valence-corrected chi connectivity index (χ1v) is 8.72. The van der Waals surface area contributed by atoms with E-state index in [9.17, 15) is 14.4 Å². The molecular weight excluding hydrogens is 354 g/mol. The standard InChI is InChI=1S/C20H18ClNO4/c1-12(2)9-10-26-20(25)13-7-8-14-15(11-13)19(24)22(18(14)23)17-6-4-3-5-16(17)21/h3-8,11-12H,9-10H2,1-2H3. The number of nitrogens with zero attached hydrogens (tertiary/aromatic N) is 1. The molecule has 0 aromatic heterocycles. The predicted molar refractivity (Wildman–Crippen MR) is 98.8 cm³/mol. The lowest BCUT2D eigenvalue weighted by Gasteiger charge is -2.15. The maximum absolute atomic E-state index is 12.7. The number of hydrogen-bond acceptors (Lipinski definition) is 4. The van der Waals surface area contributed by atoms with Crippen LogP contribution >= 0.6 is 11.6 Å². The van der Waals surface area contributed by atoms with Crippen molar-refractivity contribution in [1.29, 1.82) is 0 Å². The highest BCUT2D eigenvalue weighted by molar-refractivity contribution is 6.39. The zero-order valence-corrected chi connectivity index (χ0v) is 15.2. The fourth-order valence-electron chi connectivity index (χ4n) is 2.69. The van der Waals surface area contributed by atoms with Gasteiger partial charge in [-0.1, -0.05) is 37.6 Å². The van der Waals surface area contributed by atoms with Gasteiger partial charge in [0, 0.05) is 0 Å². The summed E-state index contributed by atoms with van der Waals surface area (Å²) in [6, 6.07) is 11.0. The van der Waals surface area contributed by atoms with Crippen molar-refractivity contribution in [2.45, 2.75) is 20.3 Å². The second-order valence-corrected chi connectivity index (χ2v) is 6.88. The number of carbonyl (C=O) groups is 3. The minimum atomic E-state index is -0.509. The van der Waals surface area contributed by atoms with Crippen molar-refractivity contribution in [3.63, 3.8) is 0 Å². The Morgan fingerprint density at radius 3 is 2.46 bits per heavy atom. The molecular formula is C20H18ClNO4. The highest BCUT2D eigenvalue weighted by Gasteiger charge is 2.38. The first-order chi connectivity index (χ1) is 12.4. The van der Waals surface area contributed by atoms with E-state index in [1.165, 1.54) is 18.2 Å². The summed E-state index contributed by atoms with van der Waals surface area (Å²) in [6.45, 7) is 4.39. The van der Waals surface area contributed by atoms with Crippen molar-refractivity contribution in [2.75, 3.05) is 11.5 Å². The van der Waals surface area contributed by atoms with Gasteiger partial charge in [0.1, 0.15) is 0 Å². The lowest BCUT2D eigenvalue weighted by atomic mass is 10.1. The number of amides is 2. The summed E-state index contributed by atoms with van der Waals surface area (Å²) in [5.41, 5.74) is 0.984. The first kappa shape index (κ1) is 18.1. The molecule has 2 aromatic rings. The van der Waals surface area contributed by atoms with Crippen LogP contribution in [0.5, 0.6) is 0 Å². The number of anilines is 1. The zero-order chi connectivity index (χ0) is 18.8. The van der Waals surface area contributed by atoms with E-state index in [4.69, 9.17) is 16.3 Å². The van der Waals surface area contributed by atoms with E-state index in [0.717, 1.165) is 11.3 Å². The minimum absolute atomic E-state index is 0.174. The topological polar surface area (TPSA) is 63.7 Å². The monoisotopic (exact) mass is 371 g/mol. The molecule has 0 spiro atoms. The quantitative estimate of drug-likeness (QED) is 0.579. The highest BCUT2D eigenvalue weighted by atomic mass is 35.5. The Morgan fingerprint density at radius 1 is 1.08 bits per heavy atom. The van der Waals surface area contributed by atoms with E-state index in [1.807, 2.05) is 13.8 Å². The largest absolute Gasteiger partial charge is 0.462 e. The number of benzene rings is 2. The normalized spacial score (nSPS) is 13.3. The molecule has 5 nitrogen and oxygen atoms in total. The molecule has 0 radical (unpaired) electrons. The van der Waals surface area contributed by atoms with Gasteiger partial charge in [-0.15, -0.1) is 0 Å². The summed E-state index contributed by atoms with van der Waals surface area (Å²) >= 11 is 6.12. The zero-order valence-electron chi connectivity index (χ0n) is 14.5. The van der Waals surface area contributed by atoms with Crippen LogP contribution in [0.25, 0.3) is 0 Å². The van der Waals surface area contributed by atoms with Crippen LogP contribution in [0.2, 0.25) is 5.02 Å². The van der Waals surface area contributed by atoms with Crippen LogP contribution in [0.1, 0.15) is 51.3 Å². The van der Waals surface area contributed by atoms with Gasteiger partial charge >= 0.3 is 5.97 Å². The van der Waals surface area contributed by atoms with Crippen molar-refractivity contribution in [3.05, 3.63) is 64.2 Å². The number of fused-ring (bicyclic) bond motifs is 1. The molecule has 0 saturated heterocycles. The number of imide groups is 1. The van der Waals surface area contributed by atoms with Gasteiger partial charge in [-0.2, -0.15) is 0 Å². The number of rotatable bonds is 5. The summed E-state index contributed by atoms with van der Waals surface area (Å²) in [5, 5.41) is 0.301. The van der Waals surface area contributed by atoms with Crippen molar-refractivity contribution in [2.24, 2.45) is 5.92 Å². The van der Waals surface area contributed by atoms with Gasteiger partial charge in [0.15, 0.2) is 0 Å². The molecule has 134 valence electrons. The average Bonchev–Trinajstić information content (AvgIpc) is 2.86. The molecule has 0 fully saturated rings. The summed E-state index contributed by atoms with van der Waals surface area (Å²) in [4.78, 5) is 38.5. The molecule has 0 saturated carbocycles. The first-order valence-electron chi connectivity index (χ1n) is 8.34. The van der Waals surface area contributed by atoms with Crippen molar-refractivity contribution in [3.8, 4) is 0 Å².